The average Bonchev–Trinajstić information content (AvgIpc) is 2.84. The lowest BCUT2D eigenvalue weighted by atomic mass is 9.91. The largest absolute Gasteiger partial charge is 0.489 e. The summed E-state index contributed by atoms with van der Waals surface area (Å²) in [5.41, 5.74) is 13.1. The molecule has 0 unspecified atom stereocenters. The minimum absolute atomic E-state index is 0.0965. The molecular weight excluding hydrogens is 510 g/mol. The molecule has 1 aliphatic rings. The Labute approximate surface area is 212 Å². The van der Waals surface area contributed by atoms with Gasteiger partial charge < -0.3 is 26.3 Å². The van der Waals surface area contributed by atoms with E-state index in [1.54, 1.807) is 42.5 Å². The minimum atomic E-state index is -0.512. The zero-order valence-electron chi connectivity index (χ0n) is 19.2. The van der Waals surface area contributed by atoms with E-state index < -0.39 is 5.91 Å². The van der Waals surface area contributed by atoms with Gasteiger partial charge in [-0.2, -0.15) is 0 Å². The van der Waals surface area contributed by atoms with Gasteiger partial charge in [0.25, 0.3) is 5.91 Å². The van der Waals surface area contributed by atoms with E-state index in [1.807, 2.05) is 24.3 Å². The summed E-state index contributed by atoms with van der Waals surface area (Å²) in [6.07, 6.45) is 3.52. The molecule has 182 valence electrons. The van der Waals surface area contributed by atoms with E-state index in [-0.39, 0.29) is 18.0 Å². The van der Waals surface area contributed by atoms with Gasteiger partial charge in [0.15, 0.2) is 0 Å². The molecule has 0 bridgehead atoms. The summed E-state index contributed by atoms with van der Waals surface area (Å²) in [5.74, 6) is 0.757. The number of carbonyl (C=O) groups excluding carboxylic acids is 2. The molecule has 1 fully saturated rings. The second-order valence-electron chi connectivity index (χ2n) is 8.69. The molecule has 3 aromatic carbocycles. The first-order chi connectivity index (χ1) is 16.9. The van der Waals surface area contributed by atoms with Gasteiger partial charge in [-0.15, -0.1) is 0 Å². The maximum atomic E-state index is 13.1. The number of amides is 2. The number of halogens is 1. The Bertz CT molecular complexity index is 1190. The van der Waals surface area contributed by atoms with Crippen molar-refractivity contribution in [2.75, 3.05) is 0 Å². The quantitative estimate of drug-likeness (QED) is 0.377. The molecule has 0 aliphatic heterocycles. The Morgan fingerprint density at radius 1 is 0.886 bits per heavy atom. The van der Waals surface area contributed by atoms with Crippen LogP contribution in [0.5, 0.6) is 17.2 Å². The normalized spacial score (nSPS) is 17.4. The number of ether oxygens (including phenoxy) is 2. The van der Waals surface area contributed by atoms with Crippen molar-refractivity contribution in [2.24, 2.45) is 11.5 Å². The Kier molecular flexibility index (Phi) is 8.05. The van der Waals surface area contributed by atoms with Crippen molar-refractivity contribution in [1.29, 1.82) is 0 Å². The van der Waals surface area contributed by atoms with Gasteiger partial charge >= 0.3 is 0 Å². The highest BCUT2D eigenvalue weighted by molar-refractivity contribution is 9.10. The summed E-state index contributed by atoms with van der Waals surface area (Å²) < 4.78 is 13.0. The summed E-state index contributed by atoms with van der Waals surface area (Å²) >= 11 is 3.47. The van der Waals surface area contributed by atoms with Crippen molar-refractivity contribution in [1.82, 2.24) is 5.32 Å². The number of rotatable bonds is 8. The molecule has 0 aromatic heterocycles. The summed E-state index contributed by atoms with van der Waals surface area (Å²) in [4.78, 5) is 24.4. The van der Waals surface area contributed by atoms with Crippen LogP contribution in [0.2, 0.25) is 0 Å². The van der Waals surface area contributed by atoms with Gasteiger partial charge in [-0.3, -0.25) is 9.59 Å². The van der Waals surface area contributed by atoms with E-state index in [1.165, 1.54) is 0 Å². The van der Waals surface area contributed by atoms with Crippen LogP contribution in [0, 0.1) is 0 Å². The lowest BCUT2D eigenvalue weighted by Crippen LogP contribution is -2.40. The van der Waals surface area contributed by atoms with E-state index >= 15 is 0 Å². The fraction of sp³-hybridized carbons (Fsp3) is 0.259. The topological polar surface area (TPSA) is 117 Å². The molecule has 2 amide bonds. The molecule has 0 radical (unpaired) electrons. The van der Waals surface area contributed by atoms with Crippen molar-refractivity contribution < 1.29 is 19.1 Å². The summed E-state index contributed by atoms with van der Waals surface area (Å²) in [6, 6.07) is 19.7. The van der Waals surface area contributed by atoms with Crippen LogP contribution < -0.4 is 26.3 Å². The number of hydrogen-bond donors (Lipinski definition) is 3. The van der Waals surface area contributed by atoms with Crippen LogP contribution in [0.25, 0.3) is 0 Å². The maximum absolute atomic E-state index is 13.1. The van der Waals surface area contributed by atoms with Gasteiger partial charge in [-0.05, 0) is 79.8 Å². The fourth-order valence-corrected chi connectivity index (χ4v) is 4.44. The first kappa shape index (κ1) is 24.8. The molecule has 35 heavy (non-hydrogen) atoms. The van der Waals surface area contributed by atoms with E-state index in [0.29, 0.717) is 35.0 Å². The highest BCUT2D eigenvalue weighted by Crippen LogP contribution is 2.29. The van der Waals surface area contributed by atoms with E-state index in [0.717, 1.165) is 35.7 Å². The third kappa shape index (κ3) is 7.07. The van der Waals surface area contributed by atoms with Crippen molar-refractivity contribution in [3.8, 4) is 17.2 Å². The zero-order chi connectivity index (χ0) is 24.8. The SMILES string of the molecule is NC(=O)c1ccc(Oc2cc(OCc3cccc(Br)c3)cc(C(=O)NC3CCC(N)CC3)c2)cc1. The Morgan fingerprint density at radius 2 is 1.60 bits per heavy atom. The number of nitrogens with two attached hydrogens (primary N) is 2. The predicted octanol–water partition coefficient (Wildman–Crippen LogP) is 4.92. The monoisotopic (exact) mass is 537 g/mol. The van der Waals surface area contributed by atoms with Gasteiger partial charge in [0.2, 0.25) is 5.91 Å². The molecule has 7 nitrogen and oxygen atoms in total. The van der Waals surface area contributed by atoms with Gasteiger partial charge in [0.05, 0.1) is 0 Å². The van der Waals surface area contributed by atoms with Gasteiger partial charge in [0, 0.05) is 33.7 Å². The van der Waals surface area contributed by atoms with Gasteiger partial charge in [-0.25, -0.2) is 0 Å². The molecule has 0 saturated heterocycles. The van der Waals surface area contributed by atoms with E-state index in [2.05, 4.69) is 21.2 Å². The second kappa shape index (κ2) is 11.4. The molecule has 0 atom stereocenters. The van der Waals surface area contributed by atoms with E-state index in [9.17, 15) is 9.59 Å². The van der Waals surface area contributed by atoms with Crippen LogP contribution in [0.15, 0.2) is 71.2 Å². The molecule has 5 N–H and O–H groups in total. The molecule has 3 aromatic rings. The second-order valence-corrected chi connectivity index (χ2v) is 9.60. The lowest BCUT2D eigenvalue weighted by molar-refractivity contribution is 0.0924. The van der Waals surface area contributed by atoms with Crippen LogP contribution in [0.4, 0.5) is 0 Å². The van der Waals surface area contributed by atoms with Gasteiger partial charge in [0.1, 0.15) is 23.9 Å². The van der Waals surface area contributed by atoms with Gasteiger partial charge in [-0.1, -0.05) is 28.1 Å². The van der Waals surface area contributed by atoms with Crippen molar-refractivity contribution in [3.05, 3.63) is 87.9 Å². The number of primary amides is 1. The van der Waals surface area contributed by atoms with Crippen molar-refractivity contribution in [3.63, 3.8) is 0 Å². The standard InChI is InChI=1S/C27H28BrN3O4/c28-20-3-1-2-17(12-20)16-34-24-13-19(27(33)31-22-8-6-21(29)7-9-22)14-25(15-24)35-23-10-4-18(5-11-23)26(30)32/h1-5,10-15,21-22H,6-9,16,29H2,(H2,30,32)(H,31,33). The fourth-order valence-electron chi connectivity index (χ4n) is 3.99. The van der Waals surface area contributed by atoms with Crippen LogP contribution in [0.3, 0.4) is 0 Å². The number of nitrogens with one attached hydrogen (secondary N) is 1. The number of benzene rings is 3. The highest BCUT2D eigenvalue weighted by atomic mass is 79.9. The molecular formula is C27H28BrN3O4. The maximum Gasteiger partial charge on any atom is 0.251 e. The van der Waals surface area contributed by atoms with E-state index in [4.69, 9.17) is 20.9 Å². The lowest BCUT2D eigenvalue weighted by Gasteiger charge is -2.26. The Morgan fingerprint density at radius 3 is 2.29 bits per heavy atom. The number of carbonyl (C=O) groups is 2. The highest BCUT2D eigenvalue weighted by Gasteiger charge is 2.21. The third-order valence-corrected chi connectivity index (χ3v) is 6.41. The average molecular weight is 538 g/mol. The Balaban J connectivity index is 1.54. The van der Waals surface area contributed by atoms with Crippen LogP contribution >= 0.6 is 15.9 Å². The summed E-state index contributed by atoms with van der Waals surface area (Å²) in [5, 5.41) is 3.11. The first-order valence-corrected chi connectivity index (χ1v) is 12.3. The summed E-state index contributed by atoms with van der Waals surface area (Å²) in [7, 11) is 0. The van der Waals surface area contributed by atoms with Crippen molar-refractivity contribution >= 4 is 27.7 Å². The first-order valence-electron chi connectivity index (χ1n) is 11.5. The molecule has 1 saturated carbocycles. The van der Waals surface area contributed by atoms with Crippen molar-refractivity contribution in [2.45, 2.75) is 44.4 Å². The minimum Gasteiger partial charge on any atom is -0.489 e. The van der Waals surface area contributed by atoms with Crippen LogP contribution in [-0.2, 0) is 6.61 Å². The third-order valence-electron chi connectivity index (χ3n) is 5.92. The predicted molar refractivity (Wildman–Crippen MR) is 138 cm³/mol. The molecule has 0 heterocycles. The summed E-state index contributed by atoms with van der Waals surface area (Å²) in [6.45, 7) is 0.331. The zero-order valence-corrected chi connectivity index (χ0v) is 20.8. The Hall–Kier alpha value is -3.36. The molecule has 4 rings (SSSR count). The smallest absolute Gasteiger partial charge is 0.251 e. The number of hydrogen-bond acceptors (Lipinski definition) is 5. The molecule has 0 spiro atoms. The molecule has 1 aliphatic carbocycles. The van der Waals surface area contributed by atoms with Crippen LogP contribution in [0.1, 0.15) is 52.0 Å². The van der Waals surface area contributed by atoms with Crippen LogP contribution in [-0.4, -0.2) is 23.9 Å². The molecule has 8 heteroatoms.